The average Bonchev–Trinajstić information content (AvgIpc) is 2.82. The molecule has 1 fully saturated rings. The highest BCUT2D eigenvalue weighted by Gasteiger charge is 2.27. The SMILES string of the molecule is CC(C)CC(=O)N1CCCN(C(C)C)CCN(C(=O)CC2CCN(C)CC2)Cc2ccc(Cl)cc21. The fourth-order valence-electron chi connectivity index (χ4n) is 5.21. The van der Waals surface area contributed by atoms with Gasteiger partial charge in [-0.25, -0.2) is 0 Å². The Morgan fingerprint density at radius 1 is 0.971 bits per heavy atom. The molecule has 0 radical (unpaired) electrons. The van der Waals surface area contributed by atoms with Crippen LogP contribution in [-0.2, 0) is 16.1 Å². The third-order valence-electron chi connectivity index (χ3n) is 7.45. The van der Waals surface area contributed by atoms with Crippen molar-refractivity contribution >= 4 is 29.1 Å². The molecule has 0 aromatic heterocycles. The average molecular weight is 505 g/mol. The molecule has 2 aliphatic rings. The molecule has 0 aliphatic carbocycles. The number of piperidine rings is 1. The zero-order valence-corrected chi connectivity index (χ0v) is 23.2. The molecule has 0 unspecified atom stereocenters. The van der Waals surface area contributed by atoms with Crippen LogP contribution in [0.2, 0.25) is 5.02 Å². The lowest BCUT2D eigenvalue weighted by Gasteiger charge is -2.32. The number of hydrogen-bond acceptors (Lipinski definition) is 4. The Labute approximate surface area is 217 Å². The Hall–Kier alpha value is -1.63. The van der Waals surface area contributed by atoms with Gasteiger partial charge in [-0.2, -0.15) is 0 Å². The predicted octanol–water partition coefficient (Wildman–Crippen LogP) is 4.89. The molecule has 1 aromatic rings. The van der Waals surface area contributed by atoms with Crippen LogP contribution >= 0.6 is 11.6 Å². The third kappa shape index (κ3) is 8.19. The van der Waals surface area contributed by atoms with E-state index in [9.17, 15) is 9.59 Å². The topological polar surface area (TPSA) is 47.1 Å². The second kappa shape index (κ2) is 13.1. The Morgan fingerprint density at radius 3 is 2.34 bits per heavy atom. The van der Waals surface area contributed by atoms with Crippen LogP contribution in [0.15, 0.2) is 18.2 Å². The normalized spacial score (nSPS) is 19.7. The van der Waals surface area contributed by atoms with Gasteiger partial charge in [-0.1, -0.05) is 31.5 Å². The monoisotopic (exact) mass is 504 g/mol. The maximum Gasteiger partial charge on any atom is 0.227 e. The van der Waals surface area contributed by atoms with Gasteiger partial charge in [0.1, 0.15) is 0 Å². The van der Waals surface area contributed by atoms with E-state index in [1.165, 1.54) is 0 Å². The van der Waals surface area contributed by atoms with Crippen LogP contribution in [0, 0.1) is 11.8 Å². The van der Waals surface area contributed by atoms with Gasteiger partial charge in [-0.15, -0.1) is 0 Å². The summed E-state index contributed by atoms with van der Waals surface area (Å²) in [5, 5.41) is 0.619. The Morgan fingerprint density at radius 2 is 1.69 bits per heavy atom. The van der Waals surface area contributed by atoms with Crippen molar-refractivity contribution in [1.29, 1.82) is 0 Å². The molecule has 2 amide bonds. The summed E-state index contributed by atoms with van der Waals surface area (Å²) >= 11 is 6.43. The summed E-state index contributed by atoms with van der Waals surface area (Å²) in [5.74, 6) is 1.08. The van der Waals surface area contributed by atoms with Gasteiger partial charge < -0.3 is 14.7 Å². The summed E-state index contributed by atoms with van der Waals surface area (Å²) < 4.78 is 0. The van der Waals surface area contributed by atoms with E-state index >= 15 is 0 Å². The van der Waals surface area contributed by atoms with E-state index in [1.807, 2.05) is 28.0 Å². The first-order valence-electron chi connectivity index (χ1n) is 13.4. The fraction of sp³-hybridized carbons (Fsp3) is 0.714. The highest BCUT2D eigenvalue weighted by atomic mass is 35.5. The number of carbonyl (C=O) groups excluding carboxylic acids is 2. The van der Waals surface area contributed by atoms with Gasteiger partial charge in [-0.3, -0.25) is 14.5 Å². The number of benzene rings is 1. The van der Waals surface area contributed by atoms with Crippen molar-refractivity contribution in [3.8, 4) is 0 Å². The molecule has 0 spiro atoms. The van der Waals surface area contributed by atoms with E-state index in [1.54, 1.807) is 0 Å². The molecule has 1 aromatic carbocycles. The molecular weight excluding hydrogens is 460 g/mol. The number of anilines is 1. The molecule has 6 nitrogen and oxygen atoms in total. The molecule has 196 valence electrons. The summed E-state index contributed by atoms with van der Waals surface area (Å²) in [4.78, 5) is 35.7. The molecule has 0 atom stereocenters. The van der Waals surface area contributed by atoms with E-state index in [2.05, 4.69) is 44.5 Å². The van der Waals surface area contributed by atoms with Crippen LogP contribution < -0.4 is 4.90 Å². The molecule has 35 heavy (non-hydrogen) atoms. The van der Waals surface area contributed by atoms with Crippen LogP contribution in [0.25, 0.3) is 0 Å². The van der Waals surface area contributed by atoms with E-state index in [0.717, 1.165) is 56.7 Å². The Balaban J connectivity index is 1.90. The molecule has 7 heteroatoms. The number of rotatable bonds is 5. The van der Waals surface area contributed by atoms with Crippen LogP contribution in [0.1, 0.15) is 65.4 Å². The van der Waals surface area contributed by atoms with E-state index in [-0.39, 0.29) is 17.7 Å². The standard InChI is InChI=1S/C28H45ClN4O2/c1-21(2)17-28(35)33-12-6-11-31(22(3)4)15-16-32(20-24-7-8-25(29)19-26(24)33)27(34)18-23-9-13-30(5)14-10-23/h7-8,19,21-23H,6,9-18,20H2,1-5H3. The van der Waals surface area contributed by atoms with Crippen molar-refractivity contribution in [3.05, 3.63) is 28.8 Å². The van der Waals surface area contributed by atoms with E-state index in [0.29, 0.717) is 49.5 Å². The maximum absolute atomic E-state index is 13.6. The molecule has 2 aliphatic heterocycles. The molecule has 3 rings (SSSR count). The van der Waals surface area contributed by atoms with Crippen LogP contribution in [0.5, 0.6) is 0 Å². The lowest BCUT2D eigenvalue weighted by Crippen LogP contribution is -2.42. The number of halogens is 1. The quantitative estimate of drug-likeness (QED) is 0.572. The predicted molar refractivity (Wildman–Crippen MR) is 145 cm³/mol. The summed E-state index contributed by atoms with van der Waals surface area (Å²) in [7, 11) is 2.15. The maximum atomic E-state index is 13.6. The summed E-state index contributed by atoms with van der Waals surface area (Å²) in [6, 6.07) is 6.18. The van der Waals surface area contributed by atoms with Gasteiger partial charge in [0.25, 0.3) is 0 Å². The van der Waals surface area contributed by atoms with E-state index in [4.69, 9.17) is 11.6 Å². The van der Waals surface area contributed by atoms with Gasteiger partial charge in [0.2, 0.25) is 11.8 Å². The van der Waals surface area contributed by atoms with Crippen molar-refractivity contribution in [3.63, 3.8) is 0 Å². The zero-order chi connectivity index (χ0) is 25.5. The summed E-state index contributed by atoms with van der Waals surface area (Å²) in [5.41, 5.74) is 1.86. The van der Waals surface area contributed by atoms with Gasteiger partial charge in [-0.05, 0) is 82.8 Å². The first-order valence-corrected chi connectivity index (χ1v) is 13.8. The number of nitrogens with zero attached hydrogens (tertiary/aromatic N) is 4. The molecule has 2 heterocycles. The van der Waals surface area contributed by atoms with Gasteiger partial charge >= 0.3 is 0 Å². The second-order valence-electron chi connectivity index (χ2n) is 11.2. The van der Waals surface area contributed by atoms with Crippen LogP contribution in [0.3, 0.4) is 0 Å². The number of fused-ring (bicyclic) bond motifs is 1. The number of amides is 2. The molecular formula is C28H45ClN4O2. The number of hydrogen-bond donors (Lipinski definition) is 0. The van der Waals surface area contributed by atoms with Crippen LogP contribution in [-0.4, -0.2) is 78.9 Å². The first kappa shape index (κ1) is 27.9. The van der Waals surface area contributed by atoms with Crippen molar-refractivity contribution < 1.29 is 9.59 Å². The largest absolute Gasteiger partial charge is 0.337 e. The Kier molecular flexibility index (Phi) is 10.4. The summed E-state index contributed by atoms with van der Waals surface area (Å²) in [6.07, 6.45) is 4.15. The third-order valence-corrected chi connectivity index (χ3v) is 7.69. The summed E-state index contributed by atoms with van der Waals surface area (Å²) in [6.45, 7) is 14.3. The number of carbonyl (C=O) groups is 2. The first-order chi connectivity index (χ1) is 16.6. The van der Waals surface area contributed by atoms with Crippen molar-refractivity contribution in [2.75, 3.05) is 51.2 Å². The lowest BCUT2D eigenvalue weighted by atomic mass is 9.93. The van der Waals surface area contributed by atoms with Crippen molar-refractivity contribution in [2.45, 2.75) is 72.4 Å². The second-order valence-corrected chi connectivity index (χ2v) is 11.6. The van der Waals surface area contributed by atoms with Gasteiger partial charge in [0.15, 0.2) is 0 Å². The van der Waals surface area contributed by atoms with Gasteiger partial charge in [0.05, 0.1) is 5.69 Å². The highest BCUT2D eigenvalue weighted by molar-refractivity contribution is 6.31. The van der Waals surface area contributed by atoms with Gasteiger partial charge in [0, 0.05) is 56.6 Å². The Bertz CT molecular complexity index is 851. The fourth-order valence-corrected chi connectivity index (χ4v) is 5.38. The van der Waals surface area contributed by atoms with Crippen molar-refractivity contribution in [2.24, 2.45) is 11.8 Å². The minimum Gasteiger partial charge on any atom is -0.337 e. The minimum atomic E-state index is 0.128. The van der Waals surface area contributed by atoms with Crippen LogP contribution in [0.4, 0.5) is 5.69 Å². The smallest absolute Gasteiger partial charge is 0.227 e. The minimum absolute atomic E-state index is 0.128. The van der Waals surface area contributed by atoms with E-state index < -0.39 is 0 Å². The molecule has 0 bridgehead atoms. The molecule has 0 N–H and O–H groups in total. The molecule has 0 saturated carbocycles. The lowest BCUT2D eigenvalue weighted by molar-refractivity contribution is -0.133. The zero-order valence-electron chi connectivity index (χ0n) is 22.4. The van der Waals surface area contributed by atoms with Crippen molar-refractivity contribution in [1.82, 2.24) is 14.7 Å². The highest BCUT2D eigenvalue weighted by Crippen LogP contribution is 2.29. The molecule has 1 saturated heterocycles. The number of likely N-dealkylation sites (tertiary alicyclic amines) is 1.